The van der Waals surface area contributed by atoms with Crippen molar-refractivity contribution in [3.63, 3.8) is 0 Å². The quantitative estimate of drug-likeness (QED) is 0.513. The summed E-state index contributed by atoms with van der Waals surface area (Å²) in [6.45, 7) is 1.97. The van der Waals surface area contributed by atoms with Crippen molar-refractivity contribution in [2.24, 2.45) is 11.1 Å². The number of carbonyl (C=O) groups excluding carboxylic acids is 1. The molecule has 0 radical (unpaired) electrons. The van der Waals surface area contributed by atoms with Crippen LogP contribution in [0.1, 0.15) is 38.5 Å². The maximum Gasteiger partial charge on any atom is 0.242 e. The topological polar surface area (TPSA) is 121 Å². The first-order valence-corrected chi connectivity index (χ1v) is 13.1. The summed E-state index contributed by atoms with van der Waals surface area (Å²) in [4.78, 5) is 15.8. The molecule has 33 heavy (non-hydrogen) atoms. The second kappa shape index (κ2) is 8.89. The van der Waals surface area contributed by atoms with Crippen LogP contribution in [-0.4, -0.2) is 48.6 Å². The highest BCUT2D eigenvalue weighted by molar-refractivity contribution is 7.89. The van der Waals surface area contributed by atoms with Gasteiger partial charge in [0.05, 0.1) is 16.5 Å². The lowest BCUT2D eigenvalue weighted by Crippen LogP contribution is -2.46. The maximum atomic E-state index is 13.4. The molecule has 8 nitrogen and oxygen atoms in total. The molecule has 0 bridgehead atoms. The van der Waals surface area contributed by atoms with Crippen LogP contribution in [0.3, 0.4) is 0 Å². The number of rotatable bonds is 6. The standard InChI is InChI=1S/C24H29N5O3S/c25-33(31,32)19-9-5-8-17(14-19)22-20-15-18(10-11-21(20)27-28-22)26-24(30)23(16-6-1-2-7-16)29-12-3-4-13-29/h5,8-11,14-16,23H,1-4,6-7,12-13H2,(H,26,30)(H,27,28)(H2,25,31,32). The molecular formula is C24H29N5O3S. The summed E-state index contributed by atoms with van der Waals surface area (Å²) in [7, 11) is -3.82. The number of aromatic amines is 1. The van der Waals surface area contributed by atoms with Crippen molar-refractivity contribution in [3.05, 3.63) is 42.5 Å². The van der Waals surface area contributed by atoms with Crippen molar-refractivity contribution >= 4 is 32.5 Å². The largest absolute Gasteiger partial charge is 0.325 e. The molecule has 1 aromatic heterocycles. The summed E-state index contributed by atoms with van der Waals surface area (Å²) in [5, 5.41) is 16.6. The van der Waals surface area contributed by atoms with Crippen LogP contribution in [0.2, 0.25) is 0 Å². The second-order valence-corrected chi connectivity index (χ2v) is 10.7. The number of benzene rings is 2. The molecule has 1 saturated heterocycles. The molecule has 0 spiro atoms. The van der Waals surface area contributed by atoms with Gasteiger partial charge in [-0.25, -0.2) is 13.6 Å². The van der Waals surface area contributed by atoms with E-state index in [-0.39, 0.29) is 16.8 Å². The van der Waals surface area contributed by atoms with Gasteiger partial charge in [0, 0.05) is 16.6 Å². The van der Waals surface area contributed by atoms with Crippen LogP contribution in [0.25, 0.3) is 22.2 Å². The fraction of sp³-hybridized carbons (Fsp3) is 0.417. The predicted molar refractivity (Wildman–Crippen MR) is 128 cm³/mol. The Hall–Kier alpha value is -2.75. The summed E-state index contributed by atoms with van der Waals surface area (Å²) in [5.74, 6) is 0.474. The van der Waals surface area contributed by atoms with Gasteiger partial charge < -0.3 is 5.32 Å². The Balaban J connectivity index is 1.44. The zero-order chi connectivity index (χ0) is 23.0. The van der Waals surface area contributed by atoms with Gasteiger partial charge in [-0.1, -0.05) is 25.0 Å². The second-order valence-electron chi connectivity index (χ2n) is 9.13. The molecular weight excluding hydrogens is 438 g/mol. The van der Waals surface area contributed by atoms with Gasteiger partial charge in [-0.15, -0.1) is 0 Å². The Bertz CT molecular complexity index is 1260. The number of amides is 1. The minimum atomic E-state index is -3.82. The molecule has 1 unspecified atom stereocenters. The van der Waals surface area contributed by atoms with E-state index in [1.54, 1.807) is 12.1 Å². The van der Waals surface area contributed by atoms with E-state index in [9.17, 15) is 13.2 Å². The van der Waals surface area contributed by atoms with E-state index < -0.39 is 10.0 Å². The Kier molecular flexibility index (Phi) is 5.94. The van der Waals surface area contributed by atoms with Crippen LogP contribution in [0.5, 0.6) is 0 Å². The average Bonchev–Trinajstić information content (AvgIpc) is 3.56. The third-order valence-electron chi connectivity index (χ3n) is 6.92. The predicted octanol–water partition coefficient (Wildman–Crippen LogP) is 3.47. The van der Waals surface area contributed by atoms with Gasteiger partial charge in [0.15, 0.2) is 0 Å². The van der Waals surface area contributed by atoms with Gasteiger partial charge >= 0.3 is 0 Å². The lowest BCUT2D eigenvalue weighted by Gasteiger charge is -2.31. The number of carbonyl (C=O) groups is 1. The SMILES string of the molecule is NS(=O)(=O)c1cccc(-c2n[nH]c3ccc(NC(=O)C(C4CCCC4)N4CCCC4)cc23)c1. The van der Waals surface area contributed by atoms with E-state index in [0.29, 0.717) is 22.9 Å². The fourth-order valence-corrected chi connectivity index (χ4v) is 5.88. The number of sulfonamides is 1. The van der Waals surface area contributed by atoms with Crippen molar-refractivity contribution in [1.29, 1.82) is 0 Å². The number of nitrogens with one attached hydrogen (secondary N) is 2. The first-order chi connectivity index (χ1) is 15.9. The molecule has 3 aromatic rings. The molecule has 9 heteroatoms. The van der Waals surface area contributed by atoms with Crippen molar-refractivity contribution < 1.29 is 13.2 Å². The molecule has 2 aromatic carbocycles. The highest BCUT2D eigenvalue weighted by atomic mass is 32.2. The number of fused-ring (bicyclic) bond motifs is 1. The van der Waals surface area contributed by atoms with Crippen LogP contribution in [-0.2, 0) is 14.8 Å². The monoisotopic (exact) mass is 467 g/mol. The summed E-state index contributed by atoms with van der Waals surface area (Å²) < 4.78 is 23.5. The third kappa shape index (κ3) is 4.53. The summed E-state index contributed by atoms with van der Waals surface area (Å²) in [6.07, 6.45) is 6.92. The van der Waals surface area contributed by atoms with E-state index in [4.69, 9.17) is 5.14 Å². The minimum absolute atomic E-state index is 0.0330. The van der Waals surface area contributed by atoms with Crippen LogP contribution >= 0.6 is 0 Å². The first kappa shape index (κ1) is 22.1. The number of primary sulfonamides is 1. The molecule has 2 heterocycles. The van der Waals surface area contributed by atoms with E-state index in [0.717, 1.165) is 49.7 Å². The number of hydrogen-bond acceptors (Lipinski definition) is 5. The maximum absolute atomic E-state index is 13.4. The number of nitrogens with zero attached hydrogens (tertiary/aromatic N) is 2. The summed E-state index contributed by atoms with van der Waals surface area (Å²) in [5.41, 5.74) is 2.76. The molecule has 174 valence electrons. The van der Waals surface area contributed by atoms with E-state index in [1.807, 2.05) is 18.2 Å². The summed E-state index contributed by atoms with van der Waals surface area (Å²) in [6, 6.07) is 12.0. The van der Waals surface area contributed by atoms with Gasteiger partial charge in [-0.05, 0) is 75.0 Å². The van der Waals surface area contributed by atoms with Gasteiger partial charge in [-0.3, -0.25) is 14.8 Å². The van der Waals surface area contributed by atoms with Crippen molar-refractivity contribution in [2.75, 3.05) is 18.4 Å². The van der Waals surface area contributed by atoms with Gasteiger partial charge in [0.2, 0.25) is 15.9 Å². The molecule has 4 N–H and O–H groups in total. The number of hydrogen-bond donors (Lipinski definition) is 3. The fourth-order valence-electron chi connectivity index (χ4n) is 5.32. The average molecular weight is 468 g/mol. The van der Waals surface area contributed by atoms with Crippen LogP contribution < -0.4 is 10.5 Å². The molecule has 1 aliphatic heterocycles. The Morgan fingerprint density at radius 1 is 1.09 bits per heavy atom. The van der Waals surface area contributed by atoms with Crippen LogP contribution in [0.4, 0.5) is 5.69 Å². The van der Waals surface area contributed by atoms with Crippen molar-refractivity contribution in [1.82, 2.24) is 15.1 Å². The van der Waals surface area contributed by atoms with Gasteiger partial charge in [0.25, 0.3) is 0 Å². The molecule has 1 amide bonds. The van der Waals surface area contributed by atoms with Crippen LogP contribution in [0.15, 0.2) is 47.4 Å². The first-order valence-electron chi connectivity index (χ1n) is 11.6. The molecule has 2 aliphatic rings. The minimum Gasteiger partial charge on any atom is -0.325 e. The number of aromatic nitrogens is 2. The van der Waals surface area contributed by atoms with Crippen molar-refractivity contribution in [2.45, 2.75) is 49.5 Å². The Labute approximate surface area is 193 Å². The highest BCUT2D eigenvalue weighted by Crippen LogP contribution is 2.33. The van der Waals surface area contributed by atoms with E-state index in [2.05, 4.69) is 20.4 Å². The highest BCUT2D eigenvalue weighted by Gasteiger charge is 2.36. The molecule has 1 atom stereocenters. The Morgan fingerprint density at radius 2 is 1.85 bits per heavy atom. The molecule has 1 aliphatic carbocycles. The van der Waals surface area contributed by atoms with E-state index in [1.165, 1.54) is 25.0 Å². The number of anilines is 1. The van der Waals surface area contributed by atoms with Gasteiger partial charge in [-0.2, -0.15) is 5.10 Å². The van der Waals surface area contributed by atoms with E-state index >= 15 is 0 Å². The number of H-pyrrole nitrogens is 1. The zero-order valence-electron chi connectivity index (χ0n) is 18.5. The lowest BCUT2D eigenvalue weighted by molar-refractivity contribution is -0.122. The molecule has 2 fully saturated rings. The normalized spacial score (nSPS) is 18.7. The van der Waals surface area contributed by atoms with Crippen molar-refractivity contribution in [3.8, 4) is 11.3 Å². The molecule has 1 saturated carbocycles. The zero-order valence-corrected chi connectivity index (χ0v) is 19.3. The van der Waals surface area contributed by atoms with Gasteiger partial charge in [0.1, 0.15) is 5.69 Å². The molecule has 5 rings (SSSR count). The van der Waals surface area contributed by atoms with Crippen LogP contribution in [0, 0.1) is 5.92 Å². The Morgan fingerprint density at radius 3 is 2.58 bits per heavy atom. The third-order valence-corrected chi connectivity index (χ3v) is 7.83. The summed E-state index contributed by atoms with van der Waals surface area (Å²) >= 11 is 0. The lowest BCUT2D eigenvalue weighted by atomic mass is 9.95. The number of nitrogens with two attached hydrogens (primary N) is 1. The smallest absolute Gasteiger partial charge is 0.242 e. The number of likely N-dealkylation sites (tertiary alicyclic amines) is 1.